The Morgan fingerprint density at radius 1 is 1.33 bits per heavy atom. The molecule has 2 N–H and O–H groups in total. The first-order valence-corrected chi connectivity index (χ1v) is 6.43. The van der Waals surface area contributed by atoms with E-state index in [1.165, 1.54) is 0 Å². The molecule has 0 saturated carbocycles. The van der Waals surface area contributed by atoms with E-state index in [4.69, 9.17) is 4.74 Å². The number of amides is 1. The molecule has 0 aromatic heterocycles. The summed E-state index contributed by atoms with van der Waals surface area (Å²) in [5.74, 6) is 0.773. The van der Waals surface area contributed by atoms with Crippen LogP contribution in [0.25, 0.3) is 0 Å². The number of ether oxygens (including phenoxy) is 1. The van der Waals surface area contributed by atoms with Gasteiger partial charge in [0.2, 0.25) is 0 Å². The summed E-state index contributed by atoms with van der Waals surface area (Å²) in [5, 5.41) is 6.55. The Morgan fingerprint density at radius 3 is 2.94 bits per heavy atom. The van der Waals surface area contributed by atoms with Crippen LogP contribution in [0, 0.1) is 0 Å². The maximum absolute atomic E-state index is 12.3. The van der Waals surface area contributed by atoms with E-state index in [-0.39, 0.29) is 11.4 Å². The average molecular weight is 246 g/mol. The quantitative estimate of drug-likeness (QED) is 0.780. The lowest BCUT2D eigenvalue weighted by atomic mass is 9.91. The van der Waals surface area contributed by atoms with E-state index in [9.17, 15) is 4.79 Å². The minimum absolute atomic E-state index is 0.0325. The highest BCUT2D eigenvalue weighted by Gasteiger charge is 2.37. The summed E-state index contributed by atoms with van der Waals surface area (Å²) in [6.45, 7) is 1.86. The average Bonchev–Trinajstić information content (AvgIpc) is 2.79. The Balaban J connectivity index is 1.95. The SMILES string of the molecule is COc1ccc2c(c1)C(=O)NC1(CCNC1)CC2. The van der Waals surface area contributed by atoms with Crippen molar-refractivity contribution >= 4 is 5.91 Å². The second kappa shape index (κ2) is 4.28. The van der Waals surface area contributed by atoms with E-state index in [0.717, 1.165) is 49.2 Å². The lowest BCUT2D eigenvalue weighted by molar-refractivity contribution is 0.0908. The van der Waals surface area contributed by atoms with Gasteiger partial charge in [0.15, 0.2) is 0 Å². The maximum atomic E-state index is 12.3. The number of nitrogens with one attached hydrogen (secondary N) is 2. The zero-order valence-corrected chi connectivity index (χ0v) is 10.6. The number of carbonyl (C=O) groups excluding carboxylic acids is 1. The van der Waals surface area contributed by atoms with Gasteiger partial charge in [-0.05, 0) is 43.5 Å². The number of benzene rings is 1. The molecule has 2 aliphatic heterocycles. The Morgan fingerprint density at radius 2 is 2.22 bits per heavy atom. The van der Waals surface area contributed by atoms with Crippen LogP contribution >= 0.6 is 0 Å². The number of methoxy groups -OCH3 is 1. The molecular formula is C14H18N2O2. The van der Waals surface area contributed by atoms with Crippen molar-refractivity contribution in [1.29, 1.82) is 0 Å². The second-order valence-electron chi connectivity index (χ2n) is 5.18. The van der Waals surface area contributed by atoms with E-state index in [2.05, 4.69) is 10.6 Å². The Bertz CT molecular complexity index is 479. The highest BCUT2D eigenvalue weighted by molar-refractivity contribution is 5.97. The summed E-state index contributed by atoms with van der Waals surface area (Å²) < 4.78 is 5.19. The first-order valence-electron chi connectivity index (χ1n) is 6.43. The third kappa shape index (κ3) is 1.86. The molecule has 0 radical (unpaired) electrons. The van der Waals surface area contributed by atoms with Crippen LogP contribution in [0.2, 0.25) is 0 Å². The molecule has 4 nitrogen and oxygen atoms in total. The van der Waals surface area contributed by atoms with Gasteiger partial charge in [-0.15, -0.1) is 0 Å². The van der Waals surface area contributed by atoms with E-state index in [1.54, 1.807) is 7.11 Å². The van der Waals surface area contributed by atoms with Crippen LogP contribution in [0.1, 0.15) is 28.8 Å². The van der Waals surface area contributed by atoms with Crippen molar-refractivity contribution in [2.24, 2.45) is 0 Å². The molecule has 18 heavy (non-hydrogen) atoms. The molecule has 1 aromatic rings. The maximum Gasteiger partial charge on any atom is 0.252 e. The summed E-state index contributed by atoms with van der Waals surface area (Å²) in [4.78, 5) is 12.3. The number of carbonyl (C=O) groups is 1. The topological polar surface area (TPSA) is 50.4 Å². The fraction of sp³-hybridized carbons (Fsp3) is 0.500. The highest BCUT2D eigenvalue weighted by atomic mass is 16.5. The van der Waals surface area contributed by atoms with Crippen molar-refractivity contribution in [3.05, 3.63) is 29.3 Å². The molecule has 0 bridgehead atoms. The zero-order chi connectivity index (χ0) is 12.6. The molecule has 1 unspecified atom stereocenters. The fourth-order valence-corrected chi connectivity index (χ4v) is 2.92. The van der Waals surface area contributed by atoms with Gasteiger partial charge in [0.05, 0.1) is 12.6 Å². The highest BCUT2D eigenvalue weighted by Crippen LogP contribution is 2.28. The molecule has 2 heterocycles. The Kier molecular flexibility index (Phi) is 2.74. The molecule has 1 aromatic carbocycles. The summed E-state index contributed by atoms with van der Waals surface area (Å²) in [6.07, 6.45) is 2.97. The normalized spacial score (nSPS) is 26.6. The molecule has 1 fully saturated rings. The smallest absolute Gasteiger partial charge is 0.252 e. The number of hydrogen-bond acceptors (Lipinski definition) is 3. The first kappa shape index (κ1) is 11.5. The lowest BCUT2D eigenvalue weighted by Gasteiger charge is -2.27. The molecule has 1 atom stereocenters. The molecular weight excluding hydrogens is 228 g/mol. The van der Waals surface area contributed by atoms with Gasteiger partial charge in [-0.25, -0.2) is 0 Å². The van der Waals surface area contributed by atoms with Crippen LogP contribution in [-0.4, -0.2) is 31.6 Å². The molecule has 3 rings (SSSR count). The lowest BCUT2D eigenvalue weighted by Crippen LogP contribution is -2.49. The van der Waals surface area contributed by atoms with E-state index in [0.29, 0.717) is 0 Å². The summed E-state index contributed by atoms with van der Waals surface area (Å²) in [5.41, 5.74) is 1.83. The molecule has 4 heteroatoms. The third-order valence-electron chi connectivity index (χ3n) is 4.06. The van der Waals surface area contributed by atoms with Crippen molar-refractivity contribution < 1.29 is 9.53 Å². The van der Waals surface area contributed by atoms with E-state index >= 15 is 0 Å². The van der Waals surface area contributed by atoms with Gasteiger partial charge in [0.1, 0.15) is 5.75 Å². The van der Waals surface area contributed by atoms with Gasteiger partial charge in [-0.1, -0.05) is 6.07 Å². The minimum Gasteiger partial charge on any atom is -0.497 e. The van der Waals surface area contributed by atoms with Gasteiger partial charge >= 0.3 is 0 Å². The Labute approximate surface area is 107 Å². The molecule has 2 aliphatic rings. The second-order valence-corrected chi connectivity index (χ2v) is 5.18. The van der Waals surface area contributed by atoms with Gasteiger partial charge in [0, 0.05) is 12.1 Å². The number of fused-ring (bicyclic) bond motifs is 1. The van der Waals surface area contributed by atoms with Crippen molar-refractivity contribution in [3.8, 4) is 5.75 Å². The van der Waals surface area contributed by atoms with Crippen LogP contribution in [0.4, 0.5) is 0 Å². The molecule has 1 spiro atoms. The van der Waals surface area contributed by atoms with Crippen molar-refractivity contribution in [3.63, 3.8) is 0 Å². The standard InChI is InChI=1S/C14H18N2O2/c1-18-11-3-2-10-4-5-14(6-7-15-9-14)16-13(17)12(10)8-11/h2-3,8,15H,4-7,9H2,1H3,(H,16,17). The summed E-state index contributed by atoms with van der Waals surface area (Å²) in [6, 6.07) is 5.78. The summed E-state index contributed by atoms with van der Waals surface area (Å²) >= 11 is 0. The van der Waals surface area contributed by atoms with Crippen LogP contribution in [0.15, 0.2) is 18.2 Å². The van der Waals surface area contributed by atoms with Gasteiger partial charge in [0.25, 0.3) is 5.91 Å². The number of aryl methyl sites for hydroxylation is 1. The predicted molar refractivity (Wildman–Crippen MR) is 69.0 cm³/mol. The van der Waals surface area contributed by atoms with Crippen LogP contribution < -0.4 is 15.4 Å². The third-order valence-corrected chi connectivity index (χ3v) is 4.06. The van der Waals surface area contributed by atoms with Crippen molar-refractivity contribution in [1.82, 2.24) is 10.6 Å². The summed E-state index contributed by atoms with van der Waals surface area (Å²) in [7, 11) is 1.62. The number of rotatable bonds is 1. The van der Waals surface area contributed by atoms with Gasteiger partial charge in [-0.2, -0.15) is 0 Å². The number of hydrogen-bond donors (Lipinski definition) is 2. The van der Waals surface area contributed by atoms with E-state index in [1.807, 2.05) is 18.2 Å². The zero-order valence-electron chi connectivity index (χ0n) is 10.6. The fourth-order valence-electron chi connectivity index (χ4n) is 2.92. The van der Waals surface area contributed by atoms with Gasteiger partial charge in [-0.3, -0.25) is 4.79 Å². The molecule has 96 valence electrons. The van der Waals surface area contributed by atoms with E-state index < -0.39 is 0 Å². The van der Waals surface area contributed by atoms with Crippen LogP contribution in [-0.2, 0) is 6.42 Å². The molecule has 1 amide bonds. The molecule has 1 saturated heterocycles. The van der Waals surface area contributed by atoms with Gasteiger partial charge < -0.3 is 15.4 Å². The monoisotopic (exact) mass is 246 g/mol. The first-order chi connectivity index (χ1) is 8.72. The van der Waals surface area contributed by atoms with Crippen LogP contribution in [0.5, 0.6) is 5.75 Å². The largest absolute Gasteiger partial charge is 0.497 e. The van der Waals surface area contributed by atoms with Crippen LogP contribution in [0.3, 0.4) is 0 Å². The minimum atomic E-state index is -0.0522. The predicted octanol–water partition coefficient (Wildman–Crippen LogP) is 1.10. The Hall–Kier alpha value is -1.55. The van der Waals surface area contributed by atoms with Crippen molar-refractivity contribution in [2.75, 3.05) is 20.2 Å². The molecule has 0 aliphatic carbocycles. The van der Waals surface area contributed by atoms with Crippen molar-refractivity contribution in [2.45, 2.75) is 24.8 Å².